The molecule has 1 aliphatic heterocycles. The number of hydrogen-bond acceptors (Lipinski definition) is 5. The van der Waals surface area contributed by atoms with Crippen molar-refractivity contribution >= 4 is 56.1 Å². The summed E-state index contributed by atoms with van der Waals surface area (Å²) in [6.45, 7) is 1.76. The molecule has 2 amide bonds. The number of hydrogen-bond donors (Lipinski definition) is 0. The van der Waals surface area contributed by atoms with Crippen LogP contribution in [-0.2, 0) is 16.4 Å². The lowest BCUT2D eigenvalue weighted by atomic mass is 10.1. The fourth-order valence-corrected chi connectivity index (χ4v) is 5.99. The maximum Gasteiger partial charge on any atom is 0.269 e. The van der Waals surface area contributed by atoms with Crippen LogP contribution in [0.4, 0.5) is 0 Å². The number of imide groups is 1. The Balaban J connectivity index is 1.59. The monoisotopic (exact) mass is 513 g/mol. The maximum absolute atomic E-state index is 13.7. The van der Waals surface area contributed by atoms with Crippen LogP contribution in [0, 0.1) is 6.92 Å². The lowest BCUT2D eigenvalue weighted by Gasteiger charge is -2.15. The highest BCUT2D eigenvalue weighted by molar-refractivity contribution is 7.90. The Morgan fingerprint density at radius 3 is 2.18 bits per heavy atom. The molecule has 1 aromatic heterocycles. The molecule has 2 heterocycles. The van der Waals surface area contributed by atoms with Gasteiger partial charge in [-0.25, -0.2) is 17.4 Å². The SMILES string of the molecule is Cc1cccc(S(=O)(=O)n2c(CCN3C(=O)c4ccccc4C3=O)nc3cc(Cl)c(Cl)cc32)c1. The van der Waals surface area contributed by atoms with Crippen LogP contribution in [-0.4, -0.2) is 40.6 Å². The summed E-state index contributed by atoms with van der Waals surface area (Å²) < 4.78 is 28.5. The van der Waals surface area contributed by atoms with Crippen LogP contribution >= 0.6 is 23.2 Å². The third-order valence-electron chi connectivity index (χ3n) is 5.69. The van der Waals surface area contributed by atoms with E-state index in [-0.39, 0.29) is 39.2 Å². The standard InChI is InChI=1S/C24H17Cl2N3O4S/c1-14-5-4-6-15(11-14)34(32,33)29-21-13-19(26)18(25)12-20(21)27-22(29)9-10-28-23(30)16-7-2-3-8-17(16)24(28)31/h2-8,11-13H,9-10H2,1H3. The van der Waals surface area contributed by atoms with Crippen LogP contribution < -0.4 is 0 Å². The van der Waals surface area contributed by atoms with E-state index in [1.54, 1.807) is 49.4 Å². The first kappa shape index (κ1) is 22.6. The Hall–Kier alpha value is -3.20. The first-order valence-electron chi connectivity index (χ1n) is 10.3. The van der Waals surface area contributed by atoms with Crippen molar-refractivity contribution in [3.8, 4) is 0 Å². The maximum atomic E-state index is 13.7. The van der Waals surface area contributed by atoms with Gasteiger partial charge in [0.25, 0.3) is 21.8 Å². The van der Waals surface area contributed by atoms with Crippen molar-refractivity contribution in [2.24, 2.45) is 0 Å². The molecule has 0 bridgehead atoms. The van der Waals surface area contributed by atoms with Crippen molar-refractivity contribution in [1.29, 1.82) is 0 Å². The van der Waals surface area contributed by atoms with Gasteiger partial charge in [-0.05, 0) is 48.9 Å². The number of carbonyl (C=O) groups is 2. The number of fused-ring (bicyclic) bond motifs is 2. The second-order valence-electron chi connectivity index (χ2n) is 7.93. The summed E-state index contributed by atoms with van der Waals surface area (Å²) in [6.07, 6.45) is 0.0143. The Morgan fingerprint density at radius 1 is 0.882 bits per heavy atom. The molecule has 1 aliphatic rings. The second-order valence-corrected chi connectivity index (χ2v) is 10.5. The van der Waals surface area contributed by atoms with E-state index in [0.717, 1.165) is 14.4 Å². The number of benzene rings is 3. The summed E-state index contributed by atoms with van der Waals surface area (Å²) in [5.41, 5.74) is 2.02. The molecular formula is C24H17Cl2N3O4S. The third kappa shape index (κ3) is 3.58. The van der Waals surface area contributed by atoms with Gasteiger partial charge in [0, 0.05) is 13.0 Å². The molecular weight excluding hydrogens is 497 g/mol. The van der Waals surface area contributed by atoms with Crippen molar-refractivity contribution in [2.45, 2.75) is 18.2 Å². The zero-order valence-electron chi connectivity index (χ0n) is 17.8. The Labute approximate surface area is 205 Å². The quantitative estimate of drug-likeness (QED) is 0.360. The van der Waals surface area contributed by atoms with Crippen LogP contribution in [0.1, 0.15) is 32.1 Å². The molecule has 7 nitrogen and oxygen atoms in total. The number of amides is 2. The van der Waals surface area contributed by atoms with E-state index in [2.05, 4.69) is 4.98 Å². The van der Waals surface area contributed by atoms with Crippen molar-refractivity contribution < 1.29 is 18.0 Å². The lowest BCUT2D eigenvalue weighted by molar-refractivity contribution is 0.0655. The molecule has 34 heavy (non-hydrogen) atoms. The van der Waals surface area contributed by atoms with Gasteiger partial charge in [-0.15, -0.1) is 0 Å². The van der Waals surface area contributed by atoms with Crippen molar-refractivity contribution in [3.05, 3.63) is 93.2 Å². The predicted molar refractivity (Wildman–Crippen MR) is 129 cm³/mol. The molecule has 0 aliphatic carbocycles. The predicted octanol–water partition coefficient (Wildman–Crippen LogP) is 4.73. The number of nitrogens with zero attached hydrogens (tertiary/aromatic N) is 3. The smallest absolute Gasteiger partial charge is 0.269 e. The summed E-state index contributed by atoms with van der Waals surface area (Å²) >= 11 is 12.3. The topological polar surface area (TPSA) is 89.3 Å². The van der Waals surface area contributed by atoms with E-state index in [1.165, 1.54) is 18.2 Å². The summed E-state index contributed by atoms with van der Waals surface area (Å²) in [5, 5.41) is 0.417. The summed E-state index contributed by atoms with van der Waals surface area (Å²) in [7, 11) is -4.07. The number of aromatic nitrogens is 2. The molecule has 0 unspecified atom stereocenters. The van der Waals surface area contributed by atoms with Gasteiger partial charge in [0.05, 0.1) is 37.1 Å². The number of halogens is 2. The highest BCUT2D eigenvalue weighted by Crippen LogP contribution is 2.31. The van der Waals surface area contributed by atoms with Crippen LogP contribution in [0.2, 0.25) is 10.0 Å². The molecule has 0 fully saturated rings. The minimum atomic E-state index is -4.07. The normalized spacial score (nSPS) is 13.7. The Morgan fingerprint density at radius 2 is 1.53 bits per heavy atom. The number of carbonyl (C=O) groups excluding carboxylic acids is 2. The average Bonchev–Trinajstić information content (AvgIpc) is 3.27. The largest absolute Gasteiger partial charge is 0.274 e. The summed E-state index contributed by atoms with van der Waals surface area (Å²) in [5.74, 6) is -0.682. The van der Waals surface area contributed by atoms with Crippen molar-refractivity contribution in [1.82, 2.24) is 13.9 Å². The highest BCUT2D eigenvalue weighted by atomic mass is 35.5. The van der Waals surface area contributed by atoms with Crippen LogP contribution in [0.15, 0.2) is 65.6 Å². The first-order valence-corrected chi connectivity index (χ1v) is 12.5. The van der Waals surface area contributed by atoms with Crippen molar-refractivity contribution in [2.75, 3.05) is 6.54 Å². The number of rotatable bonds is 5. The first-order chi connectivity index (χ1) is 16.2. The second kappa shape index (κ2) is 8.23. The van der Waals surface area contributed by atoms with Gasteiger partial charge in [0.1, 0.15) is 5.82 Å². The van der Waals surface area contributed by atoms with Crippen LogP contribution in [0.3, 0.4) is 0 Å². The van der Waals surface area contributed by atoms with Gasteiger partial charge < -0.3 is 0 Å². The van der Waals surface area contributed by atoms with E-state index < -0.39 is 21.8 Å². The zero-order valence-corrected chi connectivity index (χ0v) is 20.2. The molecule has 0 spiro atoms. The highest BCUT2D eigenvalue weighted by Gasteiger charge is 2.35. The Bertz CT molecular complexity index is 1580. The molecule has 172 valence electrons. The van der Waals surface area contributed by atoms with Gasteiger partial charge in [-0.2, -0.15) is 0 Å². The van der Waals surface area contributed by atoms with Gasteiger partial charge in [-0.3, -0.25) is 14.5 Å². The zero-order chi connectivity index (χ0) is 24.2. The van der Waals surface area contributed by atoms with E-state index in [9.17, 15) is 18.0 Å². The summed E-state index contributed by atoms with van der Waals surface area (Å²) in [4.78, 5) is 31.2. The van der Waals surface area contributed by atoms with E-state index in [1.807, 2.05) is 0 Å². The van der Waals surface area contributed by atoms with Gasteiger partial charge >= 0.3 is 0 Å². The average molecular weight is 514 g/mol. The lowest BCUT2D eigenvalue weighted by Crippen LogP contribution is -2.32. The van der Waals surface area contributed by atoms with E-state index in [4.69, 9.17) is 23.2 Å². The van der Waals surface area contributed by atoms with E-state index >= 15 is 0 Å². The minimum absolute atomic E-state index is 0.0143. The molecule has 5 rings (SSSR count). The molecule has 0 saturated heterocycles. The molecule has 0 N–H and O–H groups in total. The third-order valence-corrected chi connectivity index (χ3v) is 8.15. The summed E-state index contributed by atoms with van der Waals surface area (Å²) in [6, 6.07) is 16.0. The molecule has 3 aromatic carbocycles. The molecule has 0 radical (unpaired) electrons. The van der Waals surface area contributed by atoms with Crippen molar-refractivity contribution in [3.63, 3.8) is 0 Å². The molecule has 0 saturated carbocycles. The van der Waals surface area contributed by atoms with Crippen LogP contribution in [0.5, 0.6) is 0 Å². The fourth-order valence-electron chi connectivity index (χ4n) is 4.06. The fraction of sp³-hybridized carbons (Fsp3) is 0.125. The minimum Gasteiger partial charge on any atom is -0.274 e. The van der Waals surface area contributed by atoms with E-state index in [0.29, 0.717) is 16.6 Å². The van der Waals surface area contributed by atoms with Gasteiger partial charge in [0.15, 0.2) is 0 Å². The van der Waals surface area contributed by atoms with Crippen LogP contribution in [0.25, 0.3) is 11.0 Å². The Kier molecular flexibility index (Phi) is 5.47. The van der Waals surface area contributed by atoms with Gasteiger partial charge in [-0.1, -0.05) is 47.5 Å². The molecule has 4 aromatic rings. The number of aryl methyl sites for hydroxylation is 1. The molecule has 10 heteroatoms. The number of imidazole rings is 1. The molecule has 0 atom stereocenters. The van der Waals surface area contributed by atoms with Gasteiger partial charge in [0.2, 0.25) is 0 Å².